The van der Waals surface area contributed by atoms with Crippen LogP contribution < -0.4 is 4.72 Å². The SMILES string of the molecule is CCS(=O)(=O)NCc1cc(C(F)(F)F)ccc1F. The van der Waals surface area contributed by atoms with Crippen LogP contribution in [0.4, 0.5) is 17.6 Å². The molecule has 0 heterocycles. The molecule has 3 nitrogen and oxygen atoms in total. The summed E-state index contributed by atoms with van der Waals surface area (Å²) in [5.41, 5.74) is -1.36. The molecule has 0 aliphatic heterocycles. The van der Waals surface area contributed by atoms with Crippen molar-refractivity contribution >= 4 is 10.0 Å². The molecule has 0 spiro atoms. The van der Waals surface area contributed by atoms with Crippen molar-refractivity contribution in [1.29, 1.82) is 0 Å². The van der Waals surface area contributed by atoms with Gasteiger partial charge in [0.15, 0.2) is 0 Å². The maximum Gasteiger partial charge on any atom is 0.416 e. The molecule has 0 aliphatic rings. The third kappa shape index (κ3) is 3.95. The number of nitrogens with one attached hydrogen (secondary N) is 1. The van der Waals surface area contributed by atoms with Gasteiger partial charge in [-0.3, -0.25) is 0 Å². The fourth-order valence-corrected chi connectivity index (χ4v) is 1.76. The van der Waals surface area contributed by atoms with Crippen LogP contribution in [0.2, 0.25) is 0 Å². The second kappa shape index (κ2) is 5.23. The van der Waals surface area contributed by atoms with Crippen molar-refractivity contribution in [3.05, 3.63) is 35.1 Å². The number of sulfonamides is 1. The second-order valence-electron chi connectivity index (χ2n) is 3.53. The maximum absolute atomic E-state index is 13.2. The Bertz CT molecular complexity index is 525. The lowest BCUT2D eigenvalue weighted by atomic mass is 10.1. The Hall–Kier alpha value is -1.15. The molecule has 0 aromatic heterocycles. The molecule has 1 aromatic rings. The molecule has 102 valence electrons. The number of halogens is 4. The van der Waals surface area contributed by atoms with Crippen LogP contribution in [0.25, 0.3) is 0 Å². The highest BCUT2D eigenvalue weighted by molar-refractivity contribution is 7.89. The van der Waals surface area contributed by atoms with Gasteiger partial charge in [-0.15, -0.1) is 0 Å². The normalized spacial score (nSPS) is 12.7. The molecule has 1 aromatic carbocycles. The van der Waals surface area contributed by atoms with E-state index in [-0.39, 0.29) is 11.3 Å². The van der Waals surface area contributed by atoms with Gasteiger partial charge in [0.1, 0.15) is 5.82 Å². The summed E-state index contributed by atoms with van der Waals surface area (Å²) in [6.45, 7) is 0.858. The van der Waals surface area contributed by atoms with Gasteiger partial charge < -0.3 is 0 Å². The molecule has 8 heteroatoms. The van der Waals surface area contributed by atoms with Crippen LogP contribution in [0.15, 0.2) is 18.2 Å². The fourth-order valence-electron chi connectivity index (χ4n) is 1.18. The van der Waals surface area contributed by atoms with Gasteiger partial charge in [0.25, 0.3) is 0 Å². The molecular weight excluding hydrogens is 274 g/mol. The van der Waals surface area contributed by atoms with Crippen molar-refractivity contribution < 1.29 is 26.0 Å². The largest absolute Gasteiger partial charge is 0.416 e. The highest BCUT2D eigenvalue weighted by Gasteiger charge is 2.31. The molecule has 18 heavy (non-hydrogen) atoms. The zero-order chi connectivity index (χ0) is 14.0. The van der Waals surface area contributed by atoms with Crippen LogP contribution in [0.3, 0.4) is 0 Å². The van der Waals surface area contributed by atoms with Crippen LogP contribution in [0.1, 0.15) is 18.1 Å². The van der Waals surface area contributed by atoms with E-state index in [0.717, 1.165) is 0 Å². The summed E-state index contributed by atoms with van der Waals surface area (Å²) in [6, 6.07) is 1.86. The molecule has 0 saturated carbocycles. The van der Waals surface area contributed by atoms with E-state index in [1.807, 2.05) is 4.72 Å². The molecule has 0 fully saturated rings. The zero-order valence-electron chi connectivity index (χ0n) is 9.38. The van der Waals surface area contributed by atoms with Crippen LogP contribution >= 0.6 is 0 Å². The predicted octanol–water partition coefficient (Wildman–Crippen LogP) is 2.28. The lowest BCUT2D eigenvalue weighted by molar-refractivity contribution is -0.137. The van der Waals surface area contributed by atoms with Crippen LogP contribution in [-0.4, -0.2) is 14.2 Å². The monoisotopic (exact) mass is 285 g/mol. The van der Waals surface area contributed by atoms with Crippen LogP contribution in [-0.2, 0) is 22.7 Å². The first-order valence-corrected chi connectivity index (χ1v) is 6.64. The third-order valence-corrected chi connectivity index (χ3v) is 3.58. The van der Waals surface area contributed by atoms with Crippen molar-refractivity contribution in [2.24, 2.45) is 0 Å². The molecule has 1 N–H and O–H groups in total. The van der Waals surface area contributed by atoms with Crippen molar-refractivity contribution in [1.82, 2.24) is 4.72 Å². The molecule has 0 unspecified atom stereocenters. The first-order valence-electron chi connectivity index (χ1n) is 4.98. The summed E-state index contributed by atoms with van der Waals surface area (Å²) in [6.07, 6.45) is -4.59. The van der Waals surface area contributed by atoms with E-state index in [4.69, 9.17) is 0 Å². The Labute approximate surface area is 102 Å². The number of hydrogen-bond acceptors (Lipinski definition) is 2. The summed E-state index contributed by atoms with van der Waals surface area (Å²) in [5, 5.41) is 0. The highest BCUT2D eigenvalue weighted by Crippen LogP contribution is 2.30. The van der Waals surface area contributed by atoms with E-state index < -0.39 is 34.1 Å². The molecule has 0 amide bonds. The molecular formula is C10H11F4NO2S. The predicted molar refractivity (Wildman–Crippen MR) is 57.7 cm³/mol. The summed E-state index contributed by atoms with van der Waals surface area (Å²) < 4.78 is 74.6. The average Bonchev–Trinajstić information content (AvgIpc) is 2.26. The Morgan fingerprint density at radius 1 is 1.28 bits per heavy atom. The number of alkyl halides is 3. The Morgan fingerprint density at radius 3 is 2.39 bits per heavy atom. The minimum absolute atomic E-state index is 0.229. The summed E-state index contributed by atoms with van der Waals surface area (Å²) in [5.74, 6) is -1.12. The fraction of sp³-hybridized carbons (Fsp3) is 0.400. The standard InChI is InChI=1S/C10H11F4NO2S/c1-2-18(16,17)15-6-7-5-8(10(12,13)14)3-4-9(7)11/h3-5,15H,2,6H2,1H3. The highest BCUT2D eigenvalue weighted by atomic mass is 32.2. The van der Waals surface area contributed by atoms with E-state index in [0.29, 0.717) is 18.2 Å². The molecule has 0 bridgehead atoms. The van der Waals surface area contributed by atoms with E-state index >= 15 is 0 Å². The van der Waals surface area contributed by atoms with Gasteiger partial charge in [0.2, 0.25) is 10.0 Å². The average molecular weight is 285 g/mol. The molecule has 0 radical (unpaired) electrons. The van der Waals surface area contributed by atoms with Gasteiger partial charge in [-0.2, -0.15) is 13.2 Å². The summed E-state index contributed by atoms with van der Waals surface area (Å²) >= 11 is 0. The van der Waals surface area contributed by atoms with Crippen LogP contribution in [0, 0.1) is 5.82 Å². The van der Waals surface area contributed by atoms with E-state index in [1.165, 1.54) is 6.92 Å². The zero-order valence-corrected chi connectivity index (χ0v) is 10.2. The van der Waals surface area contributed by atoms with Gasteiger partial charge in [0.05, 0.1) is 11.3 Å². The second-order valence-corrected chi connectivity index (χ2v) is 5.62. The van der Waals surface area contributed by atoms with E-state index in [1.54, 1.807) is 0 Å². The molecule has 0 aliphatic carbocycles. The Kier molecular flexibility index (Phi) is 4.33. The Morgan fingerprint density at radius 2 is 1.89 bits per heavy atom. The van der Waals surface area contributed by atoms with Gasteiger partial charge in [-0.25, -0.2) is 17.5 Å². The lowest BCUT2D eigenvalue weighted by Gasteiger charge is -2.10. The van der Waals surface area contributed by atoms with Crippen molar-refractivity contribution in [2.45, 2.75) is 19.6 Å². The van der Waals surface area contributed by atoms with E-state index in [2.05, 4.69) is 0 Å². The smallest absolute Gasteiger partial charge is 0.212 e. The number of benzene rings is 1. The number of hydrogen-bond donors (Lipinski definition) is 1. The van der Waals surface area contributed by atoms with Crippen molar-refractivity contribution in [3.63, 3.8) is 0 Å². The number of rotatable bonds is 4. The van der Waals surface area contributed by atoms with Crippen molar-refractivity contribution in [2.75, 3.05) is 5.75 Å². The van der Waals surface area contributed by atoms with E-state index in [9.17, 15) is 26.0 Å². The maximum atomic E-state index is 13.2. The first kappa shape index (κ1) is 14.9. The Balaban J connectivity index is 2.96. The van der Waals surface area contributed by atoms with Crippen molar-refractivity contribution in [3.8, 4) is 0 Å². The van der Waals surface area contributed by atoms with Gasteiger partial charge in [-0.05, 0) is 25.1 Å². The third-order valence-electron chi connectivity index (χ3n) is 2.24. The minimum Gasteiger partial charge on any atom is -0.212 e. The van der Waals surface area contributed by atoms with Gasteiger partial charge in [0, 0.05) is 12.1 Å². The lowest BCUT2D eigenvalue weighted by Crippen LogP contribution is -2.25. The first-order chi connectivity index (χ1) is 8.15. The van der Waals surface area contributed by atoms with Gasteiger partial charge >= 0.3 is 6.18 Å². The summed E-state index contributed by atoms with van der Waals surface area (Å²) in [7, 11) is -3.58. The quantitative estimate of drug-likeness (QED) is 0.863. The minimum atomic E-state index is -4.59. The topological polar surface area (TPSA) is 46.2 Å². The molecule has 0 saturated heterocycles. The summed E-state index contributed by atoms with van der Waals surface area (Å²) in [4.78, 5) is 0. The van der Waals surface area contributed by atoms with Gasteiger partial charge in [-0.1, -0.05) is 0 Å². The molecule has 0 atom stereocenters. The molecule has 1 rings (SSSR count). The van der Waals surface area contributed by atoms with Crippen LogP contribution in [0.5, 0.6) is 0 Å².